The van der Waals surface area contributed by atoms with E-state index in [0.29, 0.717) is 26.2 Å². The van der Waals surface area contributed by atoms with Gasteiger partial charge in [-0.05, 0) is 44.6 Å². The monoisotopic (exact) mass is 338 g/mol. The number of carbonyl (C=O) groups is 2. The predicted molar refractivity (Wildman–Crippen MR) is 91.7 cm³/mol. The molecule has 1 aromatic rings. The van der Waals surface area contributed by atoms with Crippen LogP contribution in [-0.2, 0) is 9.53 Å². The van der Waals surface area contributed by atoms with Crippen LogP contribution >= 0.6 is 11.3 Å². The molecule has 5 nitrogen and oxygen atoms in total. The van der Waals surface area contributed by atoms with E-state index in [1.54, 1.807) is 0 Å². The molecule has 2 heterocycles. The molecule has 1 aliphatic rings. The Morgan fingerprint density at radius 1 is 1.39 bits per heavy atom. The van der Waals surface area contributed by atoms with E-state index in [9.17, 15) is 9.59 Å². The first-order chi connectivity index (χ1) is 11.1. The Bertz CT molecular complexity index is 494. The SMILES string of the molecule is CC(C)OCCCNC(=O)C1CCN(C(=O)c2ccsc2)CC1. The minimum atomic E-state index is 0.0209. The van der Waals surface area contributed by atoms with Gasteiger partial charge in [-0.15, -0.1) is 0 Å². The van der Waals surface area contributed by atoms with Crippen LogP contribution in [0, 0.1) is 5.92 Å². The Morgan fingerprint density at radius 3 is 2.74 bits per heavy atom. The number of thiophene rings is 1. The maximum absolute atomic E-state index is 12.3. The van der Waals surface area contributed by atoms with Crippen molar-refractivity contribution in [3.63, 3.8) is 0 Å². The first-order valence-corrected chi connectivity index (χ1v) is 9.23. The van der Waals surface area contributed by atoms with Gasteiger partial charge in [-0.25, -0.2) is 0 Å². The second-order valence-electron chi connectivity index (χ2n) is 6.14. The minimum absolute atomic E-state index is 0.0209. The minimum Gasteiger partial charge on any atom is -0.379 e. The first-order valence-electron chi connectivity index (χ1n) is 8.28. The van der Waals surface area contributed by atoms with Gasteiger partial charge in [0, 0.05) is 37.5 Å². The highest BCUT2D eigenvalue weighted by atomic mass is 32.1. The van der Waals surface area contributed by atoms with Gasteiger partial charge in [0.15, 0.2) is 0 Å². The summed E-state index contributed by atoms with van der Waals surface area (Å²) < 4.78 is 5.45. The van der Waals surface area contributed by atoms with E-state index in [1.807, 2.05) is 35.6 Å². The molecule has 2 amide bonds. The quantitative estimate of drug-likeness (QED) is 0.777. The van der Waals surface area contributed by atoms with Crippen molar-refractivity contribution < 1.29 is 14.3 Å². The fraction of sp³-hybridized carbons (Fsp3) is 0.647. The molecule has 1 saturated heterocycles. The summed E-state index contributed by atoms with van der Waals surface area (Å²) in [6.07, 6.45) is 2.55. The second-order valence-corrected chi connectivity index (χ2v) is 6.92. The van der Waals surface area contributed by atoms with E-state index >= 15 is 0 Å². The van der Waals surface area contributed by atoms with Crippen LogP contribution in [0.1, 0.15) is 43.5 Å². The van der Waals surface area contributed by atoms with Crippen molar-refractivity contribution in [3.05, 3.63) is 22.4 Å². The molecule has 23 heavy (non-hydrogen) atoms. The summed E-state index contributed by atoms with van der Waals surface area (Å²) in [5, 5.41) is 6.77. The number of rotatable bonds is 7. The zero-order valence-corrected chi connectivity index (χ0v) is 14.7. The van der Waals surface area contributed by atoms with E-state index in [1.165, 1.54) is 11.3 Å². The Morgan fingerprint density at radius 2 is 2.13 bits per heavy atom. The van der Waals surface area contributed by atoms with Crippen LogP contribution in [-0.4, -0.2) is 49.1 Å². The fourth-order valence-electron chi connectivity index (χ4n) is 2.66. The molecule has 1 N–H and O–H groups in total. The van der Waals surface area contributed by atoms with Crippen LogP contribution in [0.4, 0.5) is 0 Å². The van der Waals surface area contributed by atoms with E-state index in [0.717, 1.165) is 24.8 Å². The molecule has 0 aromatic carbocycles. The molecular weight excluding hydrogens is 312 g/mol. The Labute approximate surface area is 142 Å². The number of likely N-dealkylation sites (tertiary alicyclic amines) is 1. The maximum Gasteiger partial charge on any atom is 0.254 e. The fourth-order valence-corrected chi connectivity index (χ4v) is 3.29. The number of nitrogens with zero attached hydrogens (tertiary/aromatic N) is 1. The summed E-state index contributed by atoms with van der Waals surface area (Å²) in [6, 6.07) is 1.85. The lowest BCUT2D eigenvalue weighted by Crippen LogP contribution is -2.43. The van der Waals surface area contributed by atoms with Gasteiger partial charge >= 0.3 is 0 Å². The van der Waals surface area contributed by atoms with Gasteiger partial charge in [0.2, 0.25) is 5.91 Å². The Kier molecular flexibility index (Phi) is 7.05. The largest absolute Gasteiger partial charge is 0.379 e. The third-order valence-electron chi connectivity index (χ3n) is 3.99. The second kappa shape index (κ2) is 9.03. The highest BCUT2D eigenvalue weighted by molar-refractivity contribution is 7.08. The zero-order valence-electron chi connectivity index (χ0n) is 13.9. The third kappa shape index (κ3) is 5.62. The molecule has 0 atom stereocenters. The normalized spacial score (nSPS) is 15.9. The van der Waals surface area contributed by atoms with Gasteiger partial charge < -0.3 is 15.0 Å². The number of carbonyl (C=O) groups excluding carboxylic acids is 2. The molecule has 128 valence electrons. The molecule has 0 bridgehead atoms. The molecular formula is C17H26N2O3S. The number of piperidine rings is 1. The lowest BCUT2D eigenvalue weighted by atomic mass is 9.95. The number of ether oxygens (including phenoxy) is 1. The molecule has 6 heteroatoms. The standard InChI is InChI=1S/C17H26N2O3S/c1-13(2)22-10-3-7-18-16(20)14-4-8-19(9-5-14)17(21)15-6-11-23-12-15/h6,11-14H,3-5,7-10H2,1-2H3,(H,18,20). The number of nitrogens with one attached hydrogen (secondary N) is 1. The maximum atomic E-state index is 12.3. The molecule has 1 aromatic heterocycles. The topological polar surface area (TPSA) is 58.6 Å². The molecule has 0 saturated carbocycles. The average molecular weight is 338 g/mol. The van der Waals surface area contributed by atoms with E-state index in [-0.39, 0.29) is 23.8 Å². The van der Waals surface area contributed by atoms with Crippen molar-refractivity contribution in [1.82, 2.24) is 10.2 Å². The molecule has 0 aliphatic carbocycles. The van der Waals surface area contributed by atoms with Crippen LogP contribution in [0.2, 0.25) is 0 Å². The molecule has 0 radical (unpaired) electrons. The van der Waals surface area contributed by atoms with Gasteiger partial charge in [0.05, 0.1) is 11.7 Å². The summed E-state index contributed by atoms with van der Waals surface area (Å²) in [5.41, 5.74) is 0.753. The smallest absolute Gasteiger partial charge is 0.254 e. The van der Waals surface area contributed by atoms with Crippen LogP contribution in [0.25, 0.3) is 0 Å². The van der Waals surface area contributed by atoms with Gasteiger partial charge in [0.1, 0.15) is 0 Å². The lowest BCUT2D eigenvalue weighted by molar-refractivity contribution is -0.126. The van der Waals surface area contributed by atoms with E-state index in [4.69, 9.17) is 4.74 Å². The summed E-state index contributed by atoms with van der Waals surface area (Å²) in [6.45, 7) is 6.64. The van der Waals surface area contributed by atoms with Crippen molar-refractivity contribution in [2.75, 3.05) is 26.2 Å². The van der Waals surface area contributed by atoms with Gasteiger partial charge in [0.25, 0.3) is 5.91 Å². The average Bonchev–Trinajstić information content (AvgIpc) is 3.08. The molecule has 1 fully saturated rings. The van der Waals surface area contributed by atoms with Crippen LogP contribution in [0.3, 0.4) is 0 Å². The first kappa shape index (κ1) is 17.9. The van der Waals surface area contributed by atoms with Gasteiger partial charge in [-0.3, -0.25) is 9.59 Å². The van der Waals surface area contributed by atoms with Crippen molar-refractivity contribution in [2.45, 2.75) is 39.2 Å². The van der Waals surface area contributed by atoms with Crippen molar-refractivity contribution >= 4 is 23.2 Å². The van der Waals surface area contributed by atoms with Gasteiger partial charge in [-0.1, -0.05) is 0 Å². The van der Waals surface area contributed by atoms with Crippen LogP contribution in [0.15, 0.2) is 16.8 Å². The lowest BCUT2D eigenvalue weighted by Gasteiger charge is -2.31. The number of amides is 2. The van der Waals surface area contributed by atoms with E-state index < -0.39 is 0 Å². The highest BCUT2D eigenvalue weighted by Gasteiger charge is 2.27. The van der Waals surface area contributed by atoms with Crippen LogP contribution in [0.5, 0.6) is 0 Å². The Balaban J connectivity index is 1.65. The summed E-state index contributed by atoms with van der Waals surface area (Å²) in [5.74, 6) is 0.209. The number of hydrogen-bond acceptors (Lipinski definition) is 4. The Hall–Kier alpha value is -1.40. The summed E-state index contributed by atoms with van der Waals surface area (Å²) in [7, 11) is 0. The molecule has 1 aliphatic heterocycles. The molecule has 0 unspecified atom stereocenters. The zero-order chi connectivity index (χ0) is 16.7. The van der Waals surface area contributed by atoms with Crippen molar-refractivity contribution in [3.8, 4) is 0 Å². The number of hydrogen-bond donors (Lipinski definition) is 1. The summed E-state index contributed by atoms with van der Waals surface area (Å²) in [4.78, 5) is 26.3. The highest BCUT2D eigenvalue weighted by Crippen LogP contribution is 2.20. The van der Waals surface area contributed by atoms with Crippen molar-refractivity contribution in [2.24, 2.45) is 5.92 Å². The van der Waals surface area contributed by atoms with E-state index in [2.05, 4.69) is 5.32 Å². The summed E-state index contributed by atoms with van der Waals surface area (Å²) >= 11 is 1.53. The molecule has 0 spiro atoms. The third-order valence-corrected chi connectivity index (χ3v) is 4.68. The predicted octanol–water partition coefficient (Wildman–Crippen LogP) is 2.53. The van der Waals surface area contributed by atoms with Crippen LogP contribution < -0.4 is 5.32 Å². The van der Waals surface area contributed by atoms with Crippen molar-refractivity contribution in [1.29, 1.82) is 0 Å². The van der Waals surface area contributed by atoms with Gasteiger partial charge in [-0.2, -0.15) is 11.3 Å². The molecule has 2 rings (SSSR count).